The molecule has 0 heterocycles. The van der Waals surface area contributed by atoms with E-state index >= 15 is 0 Å². The van der Waals surface area contributed by atoms with E-state index in [1.165, 1.54) is 12.1 Å². The van der Waals surface area contributed by atoms with Crippen LogP contribution in [0.4, 0.5) is 13.2 Å². The highest BCUT2D eigenvalue weighted by atomic mass is 35.5. The molecular formula is C14H7Cl2F3O. The Bertz CT molecular complexity index is 686. The van der Waals surface area contributed by atoms with Crippen LogP contribution >= 0.6 is 23.2 Å². The van der Waals surface area contributed by atoms with Gasteiger partial charge in [-0.05, 0) is 35.9 Å². The largest absolute Gasteiger partial charge is 0.294 e. The van der Waals surface area contributed by atoms with Crippen LogP contribution in [0.2, 0.25) is 10.0 Å². The average molecular weight is 319 g/mol. The molecule has 0 fully saturated rings. The number of Topliss-reactive ketones (excluding diaryl/α,β-unsaturated/α-hetero) is 1. The molecule has 0 saturated heterocycles. The van der Waals surface area contributed by atoms with E-state index in [2.05, 4.69) is 0 Å². The molecule has 0 aromatic heterocycles. The third kappa shape index (κ3) is 3.14. The summed E-state index contributed by atoms with van der Waals surface area (Å²) in [4.78, 5) is 11.9. The van der Waals surface area contributed by atoms with Crippen LogP contribution in [0.25, 0.3) is 0 Å². The molecular weight excluding hydrogens is 312 g/mol. The number of ketones is 1. The monoisotopic (exact) mass is 318 g/mol. The molecule has 0 unspecified atom stereocenters. The molecule has 0 bridgehead atoms. The molecule has 20 heavy (non-hydrogen) atoms. The van der Waals surface area contributed by atoms with Crippen LogP contribution < -0.4 is 0 Å². The molecule has 0 radical (unpaired) electrons. The van der Waals surface area contributed by atoms with E-state index in [0.717, 1.165) is 6.07 Å². The Morgan fingerprint density at radius 1 is 0.950 bits per heavy atom. The summed E-state index contributed by atoms with van der Waals surface area (Å²) in [7, 11) is 0. The van der Waals surface area contributed by atoms with Gasteiger partial charge in [-0.3, -0.25) is 4.79 Å². The van der Waals surface area contributed by atoms with E-state index in [4.69, 9.17) is 23.2 Å². The second-order valence-corrected chi connectivity index (χ2v) is 4.93. The molecule has 1 nitrogen and oxygen atoms in total. The number of hydrogen-bond donors (Lipinski definition) is 0. The van der Waals surface area contributed by atoms with Gasteiger partial charge in [0.05, 0.1) is 10.6 Å². The summed E-state index contributed by atoms with van der Waals surface area (Å²) in [6.07, 6.45) is -0.426. The number of hydrogen-bond acceptors (Lipinski definition) is 1. The van der Waals surface area contributed by atoms with Crippen molar-refractivity contribution in [1.29, 1.82) is 0 Å². The first kappa shape index (κ1) is 14.9. The highest BCUT2D eigenvalue weighted by molar-refractivity contribution is 6.31. The summed E-state index contributed by atoms with van der Waals surface area (Å²) in [6.45, 7) is 0. The van der Waals surface area contributed by atoms with Crippen LogP contribution in [-0.4, -0.2) is 5.78 Å². The van der Waals surface area contributed by atoms with Crippen molar-refractivity contribution in [2.45, 2.75) is 6.42 Å². The van der Waals surface area contributed by atoms with Gasteiger partial charge in [-0.1, -0.05) is 23.2 Å². The molecule has 0 N–H and O–H groups in total. The number of halogens is 5. The molecule has 2 rings (SSSR count). The summed E-state index contributed by atoms with van der Waals surface area (Å²) in [5.74, 6) is -3.27. The van der Waals surface area contributed by atoms with Crippen LogP contribution in [0.15, 0.2) is 30.3 Å². The van der Waals surface area contributed by atoms with Gasteiger partial charge in [0.15, 0.2) is 5.78 Å². The van der Waals surface area contributed by atoms with Gasteiger partial charge in [0, 0.05) is 11.4 Å². The van der Waals surface area contributed by atoms with E-state index < -0.39 is 40.2 Å². The first-order valence-corrected chi connectivity index (χ1v) is 6.25. The van der Waals surface area contributed by atoms with Crippen molar-refractivity contribution in [1.82, 2.24) is 0 Å². The third-order valence-electron chi connectivity index (χ3n) is 2.67. The lowest BCUT2D eigenvalue weighted by atomic mass is 10.0. The maximum atomic E-state index is 13.6. The predicted octanol–water partition coefficient (Wildman–Crippen LogP) is 4.84. The zero-order valence-electron chi connectivity index (χ0n) is 9.89. The van der Waals surface area contributed by atoms with Gasteiger partial charge in [-0.25, -0.2) is 13.2 Å². The van der Waals surface area contributed by atoms with Gasteiger partial charge in [-0.15, -0.1) is 0 Å². The van der Waals surface area contributed by atoms with Gasteiger partial charge >= 0.3 is 0 Å². The molecule has 0 spiro atoms. The summed E-state index contributed by atoms with van der Waals surface area (Å²) in [6, 6.07) is 5.09. The van der Waals surface area contributed by atoms with E-state index in [9.17, 15) is 18.0 Å². The fourth-order valence-electron chi connectivity index (χ4n) is 1.68. The normalized spacial score (nSPS) is 10.7. The molecule has 104 valence electrons. The number of carbonyl (C=O) groups excluding carboxylic acids is 1. The average Bonchev–Trinajstić information content (AvgIpc) is 2.38. The summed E-state index contributed by atoms with van der Waals surface area (Å²) in [5.41, 5.74) is -0.469. The van der Waals surface area contributed by atoms with Crippen LogP contribution in [0.3, 0.4) is 0 Å². The van der Waals surface area contributed by atoms with Gasteiger partial charge in [-0.2, -0.15) is 0 Å². The first-order chi connectivity index (χ1) is 9.38. The Labute approximate surface area is 122 Å². The second kappa shape index (κ2) is 5.85. The van der Waals surface area contributed by atoms with Crippen molar-refractivity contribution in [2.75, 3.05) is 0 Å². The molecule has 0 amide bonds. The van der Waals surface area contributed by atoms with Crippen molar-refractivity contribution in [2.24, 2.45) is 0 Å². The van der Waals surface area contributed by atoms with Crippen molar-refractivity contribution >= 4 is 29.0 Å². The van der Waals surface area contributed by atoms with Gasteiger partial charge in [0.1, 0.15) is 17.5 Å². The predicted molar refractivity (Wildman–Crippen MR) is 70.8 cm³/mol. The molecule has 6 heteroatoms. The van der Waals surface area contributed by atoms with E-state index in [-0.39, 0.29) is 10.6 Å². The quantitative estimate of drug-likeness (QED) is 0.585. The summed E-state index contributed by atoms with van der Waals surface area (Å²) >= 11 is 11.1. The lowest BCUT2D eigenvalue weighted by Gasteiger charge is -2.06. The van der Waals surface area contributed by atoms with E-state index in [1.54, 1.807) is 0 Å². The maximum Gasteiger partial charge on any atom is 0.170 e. The van der Waals surface area contributed by atoms with Crippen LogP contribution in [-0.2, 0) is 6.42 Å². The second-order valence-electron chi connectivity index (χ2n) is 4.08. The first-order valence-electron chi connectivity index (χ1n) is 5.50. The Kier molecular flexibility index (Phi) is 4.35. The summed E-state index contributed by atoms with van der Waals surface area (Å²) < 4.78 is 40.3. The zero-order valence-corrected chi connectivity index (χ0v) is 11.4. The van der Waals surface area contributed by atoms with Gasteiger partial charge < -0.3 is 0 Å². The molecule has 2 aromatic rings. The number of benzene rings is 2. The molecule has 0 atom stereocenters. The van der Waals surface area contributed by atoms with Crippen LogP contribution in [0.1, 0.15) is 15.9 Å². The minimum absolute atomic E-state index is 0.0114. The topological polar surface area (TPSA) is 17.1 Å². The Morgan fingerprint density at radius 2 is 1.65 bits per heavy atom. The van der Waals surface area contributed by atoms with Crippen LogP contribution in [0, 0.1) is 17.5 Å². The maximum absolute atomic E-state index is 13.6. The Hall–Kier alpha value is -1.52. The Morgan fingerprint density at radius 3 is 2.35 bits per heavy atom. The van der Waals surface area contributed by atoms with Crippen molar-refractivity contribution in [3.05, 3.63) is 69.0 Å². The highest BCUT2D eigenvalue weighted by Crippen LogP contribution is 2.22. The third-order valence-corrected chi connectivity index (χ3v) is 3.19. The molecule has 0 aliphatic rings. The number of carbonyl (C=O) groups is 1. The van der Waals surface area contributed by atoms with Crippen LogP contribution in [0.5, 0.6) is 0 Å². The van der Waals surface area contributed by atoms with Gasteiger partial charge in [0.25, 0.3) is 0 Å². The Balaban J connectivity index is 2.33. The zero-order chi connectivity index (χ0) is 14.9. The molecule has 2 aromatic carbocycles. The minimum atomic E-state index is -0.955. The lowest BCUT2D eigenvalue weighted by Crippen LogP contribution is -2.08. The smallest absolute Gasteiger partial charge is 0.170 e. The fraction of sp³-hybridized carbons (Fsp3) is 0.0714. The standard InChI is InChI=1S/C14H7Cl2F3O/c15-8-1-2-11(17)7(3-8)4-14(20)9-5-13(19)10(16)6-12(9)18/h1-3,5-6H,4H2. The number of rotatable bonds is 3. The van der Waals surface area contributed by atoms with Crippen molar-refractivity contribution in [3.8, 4) is 0 Å². The fourth-order valence-corrected chi connectivity index (χ4v) is 2.03. The summed E-state index contributed by atoms with van der Waals surface area (Å²) in [5, 5.41) is -0.176. The minimum Gasteiger partial charge on any atom is -0.294 e. The molecule has 0 aliphatic carbocycles. The molecule has 0 saturated carbocycles. The molecule has 0 aliphatic heterocycles. The highest BCUT2D eigenvalue weighted by Gasteiger charge is 2.17. The lowest BCUT2D eigenvalue weighted by molar-refractivity contribution is 0.0987. The van der Waals surface area contributed by atoms with Crippen molar-refractivity contribution in [3.63, 3.8) is 0 Å². The van der Waals surface area contributed by atoms with E-state index in [1.807, 2.05) is 0 Å². The SMILES string of the molecule is O=C(Cc1cc(Cl)ccc1F)c1cc(F)c(Cl)cc1F. The van der Waals surface area contributed by atoms with Crippen molar-refractivity contribution < 1.29 is 18.0 Å². The van der Waals surface area contributed by atoms with E-state index in [0.29, 0.717) is 12.1 Å². The van der Waals surface area contributed by atoms with Gasteiger partial charge in [0.2, 0.25) is 0 Å².